The fourth-order valence-corrected chi connectivity index (χ4v) is 2.20. The Labute approximate surface area is 90.0 Å². The van der Waals surface area contributed by atoms with Crippen LogP contribution in [0.5, 0.6) is 0 Å². The van der Waals surface area contributed by atoms with Gasteiger partial charge in [-0.2, -0.15) is 0 Å². The summed E-state index contributed by atoms with van der Waals surface area (Å²) < 4.78 is 0. The molecule has 1 N–H and O–H groups in total. The second-order valence-electron chi connectivity index (χ2n) is 4.81. The molecule has 1 unspecified atom stereocenters. The number of carboxylic acid groups (broad SMARTS) is 1. The van der Waals surface area contributed by atoms with E-state index in [1.165, 1.54) is 6.42 Å². The summed E-state index contributed by atoms with van der Waals surface area (Å²) in [4.78, 5) is 12.7. The number of hydrogen-bond acceptors (Lipinski definition) is 2. The summed E-state index contributed by atoms with van der Waals surface area (Å²) in [6, 6.07) is 0. The molecule has 0 aromatic rings. The second-order valence-corrected chi connectivity index (χ2v) is 5.34. The van der Waals surface area contributed by atoms with Crippen LogP contribution < -0.4 is 0 Å². The predicted octanol–water partition coefficient (Wildman–Crippen LogP) is 1.80. The van der Waals surface area contributed by atoms with Gasteiger partial charge in [-0.3, -0.25) is 4.79 Å². The highest BCUT2D eigenvalue weighted by molar-refractivity contribution is 6.29. The van der Waals surface area contributed by atoms with Gasteiger partial charge in [0.2, 0.25) is 0 Å². The summed E-state index contributed by atoms with van der Waals surface area (Å²) in [7, 11) is 0. The van der Waals surface area contributed by atoms with E-state index in [0.717, 1.165) is 19.5 Å². The van der Waals surface area contributed by atoms with Crippen LogP contribution in [0.25, 0.3) is 0 Å². The van der Waals surface area contributed by atoms with E-state index < -0.39 is 11.3 Å². The molecule has 82 valence electrons. The Bertz CT molecular complexity index is 218. The molecule has 0 saturated carbocycles. The number of aliphatic carboxylic acids is 1. The number of piperidine rings is 1. The van der Waals surface area contributed by atoms with E-state index >= 15 is 0 Å². The highest BCUT2D eigenvalue weighted by atomic mass is 35.5. The zero-order valence-corrected chi connectivity index (χ0v) is 9.55. The smallest absolute Gasteiger partial charge is 0.322 e. The first-order valence-electron chi connectivity index (χ1n) is 5.00. The average molecular weight is 220 g/mol. The van der Waals surface area contributed by atoms with Crippen LogP contribution in [0.15, 0.2) is 0 Å². The van der Waals surface area contributed by atoms with Crippen molar-refractivity contribution in [3.63, 3.8) is 0 Å². The van der Waals surface area contributed by atoms with E-state index in [1.807, 2.05) is 0 Å². The summed E-state index contributed by atoms with van der Waals surface area (Å²) in [6.45, 7) is 6.80. The minimum atomic E-state index is -0.921. The van der Waals surface area contributed by atoms with Crippen LogP contribution >= 0.6 is 11.6 Å². The van der Waals surface area contributed by atoms with Gasteiger partial charge in [-0.1, -0.05) is 13.8 Å². The van der Waals surface area contributed by atoms with Crippen LogP contribution in [0.3, 0.4) is 0 Å². The summed E-state index contributed by atoms with van der Waals surface area (Å²) in [5.74, 6) is -0.921. The van der Waals surface area contributed by atoms with Crippen molar-refractivity contribution < 1.29 is 9.90 Å². The van der Waals surface area contributed by atoms with E-state index in [9.17, 15) is 4.79 Å². The summed E-state index contributed by atoms with van der Waals surface area (Å²) in [6.07, 6.45) is 2.35. The summed E-state index contributed by atoms with van der Waals surface area (Å²) in [5, 5.41) is 7.91. The minimum absolute atomic E-state index is 0.299. The van der Waals surface area contributed by atoms with Crippen LogP contribution in [0.1, 0.15) is 26.7 Å². The van der Waals surface area contributed by atoms with Gasteiger partial charge < -0.3 is 10.0 Å². The summed E-state index contributed by atoms with van der Waals surface area (Å²) in [5.41, 5.74) is 0.299. The lowest BCUT2D eigenvalue weighted by Gasteiger charge is -2.38. The third-order valence-corrected chi connectivity index (χ3v) is 2.99. The quantitative estimate of drug-likeness (QED) is 0.736. The molecule has 0 amide bonds. The SMILES string of the molecule is CC1(C)CCCN(CC(Cl)C(=O)O)C1. The molecule has 1 saturated heterocycles. The van der Waals surface area contributed by atoms with Crippen LogP contribution in [0, 0.1) is 5.41 Å². The van der Waals surface area contributed by atoms with Crippen molar-refractivity contribution in [1.29, 1.82) is 0 Å². The summed E-state index contributed by atoms with van der Waals surface area (Å²) >= 11 is 5.70. The van der Waals surface area contributed by atoms with Crippen LogP contribution in [-0.4, -0.2) is 41.0 Å². The lowest BCUT2D eigenvalue weighted by atomic mass is 9.84. The molecule has 4 heteroatoms. The predicted molar refractivity (Wildman–Crippen MR) is 56.7 cm³/mol. The minimum Gasteiger partial charge on any atom is -0.480 e. The number of hydrogen-bond donors (Lipinski definition) is 1. The first kappa shape index (κ1) is 11.8. The molecule has 1 aliphatic heterocycles. The molecule has 0 aromatic carbocycles. The zero-order valence-electron chi connectivity index (χ0n) is 8.79. The number of alkyl halides is 1. The molecule has 0 radical (unpaired) electrons. The van der Waals surface area contributed by atoms with Gasteiger partial charge in [0, 0.05) is 13.1 Å². The highest BCUT2D eigenvalue weighted by Gasteiger charge is 2.28. The van der Waals surface area contributed by atoms with Gasteiger partial charge in [-0.25, -0.2) is 0 Å². The van der Waals surface area contributed by atoms with Crippen molar-refractivity contribution in [2.24, 2.45) is 5.41 Å². The van der Waals surface area contributed by atoms with Gasteiger partial charge in [-0.15, -0.1) is 11.6 Å². The maximum atomic E-state index is 10.6. The Balaban J connectivity index is 2.42. The number of likely N-dealkylation sites (tertiary alicyclic amines) is 1. The van der Waals surface area contributed by atoms with Crippen molar-refractivity contribution >= 4 is 17.6 Å². The molecular weight excluding hydrogens is 202 g/mol. The maximum Gasteiger partial charge on any atom is 0.322 e. The van der Waals surface area contributed by atoms with Crippen molar-refractivity contribution in [1.82, 2.24) is 4.90 Å². The highest BCUT2D eigenvalue weighted by Crippen LogP contribution is 2.28. The van der Waals surface area contributed by atoms with Gasteiger partial charge in [-0.05, 0) is 24.8 Å². The topological polar surface area (TPSA) is 40.5 Å². The number of halogens is 1. The number of carboxylic acids is 1. The van der Waals surface area contributed by atoms with E-state index in [0.29, 0.717) is 12.0 Å². The fraction of sp³-hybridized carbons (Fsp3) is 0.900. The van der Waals surface area contributed by atoms with E-state index in [1.54, 1.807) is 0 Å². The van der Waals surface area contributed by atoms with Gasteiger partial charge in [0.05, 0.1) is 0 Å². The Hall–Kier alpha value is -0.280. The normalized spacial score (nSPS) is 24.5. The average Bonchev–Trinajstić information content (AvgIpc) is 2.01. The molecule has 1 heterocycles. The molecule has 3 nitrogen and oxygen atoms in total. The largest absolute Gasteiger partial charge is 0.480 e. The van der Waals surface area contributed by atoms with Crippen molar-refractivity contribution in [2.45, 2.75) is 32.1 Å². The van der Waals surface area contributed by atoms with E-state index in [2.05, 4.69) is 18.7 Å². The van der Waals surface area contributed by atoms with Gasteiger partial charge in [0.25, 0.3) is 0 Å². The van der Waals surface area contributed by atoms with Gasteiger partial charge in [0.15, 0.2) is 0 Å². The molecule has 0 spiro atoms. The fourth-order valence-electron chi connectivity index (χ4n) is 2.01. The molecular formula is C10H18ClNO2. The maximum absolute atomic E-state index is 10.6. The molecule has 1 aliphatic rings. The first-order chi connectivity index (χ1) is 6.41. The Morgan fingerprint density at radius 3 is 2.79 bits per heavy atom. The van der Waals surface area contributed by atoms with Crippen LogP contribution in [0.4, 0.5) is 0 Å². The monoisotopic (exact) mass is 219 g/mol. The van der Waals surface area contributed by atoms with Crippen molar-refractivity contribution in [3.8, 4) is 0 Å². The first-order valence-corrected chi connectivity index (χ1v) is 5.44. The number of carbonyl (C=O) groups is 1. The van der Waals surface area contributed by atoms with Crippen molar-refractivity contribution in [2.75, 3.05) is 19.6 Å². The molecule has 1 rings (SSSR count). The number of nitrogens with zero attached hydrogens (tertiary/aromatic N) is 1. The number of rotatable bonds is 3. The van der Waals surface area contributed by atoms with Crippen molar-refractivity contribution in [3.05, 3.63) is 0 Å². The van der Waals surface area contributed by atoms with E-state index in [4.69, 9.17) is 16.7 Å². The second kappa shape index (κ2) is 4.49. The zero-order chi connectivity index (χ0) is 10.8. The lowest BCUT2D eigenvalue weighted by molar-refractivity contribution is -0.137. The van der Waals surface area contributed by atoms with Gasteiger partial charge >= 0.3 is 5.97 Å². The molecule has 0 aliphatic carbocycles. The standard InChI is InChI=1S/C10H18ClNO2/c1-10(2)4-3-5-12(7-10)6-8(11)9(13)14/h8H,3-7H2,1-2H3,(H,13,14). The molecule has 0 aromatic heterocycles. The Morgan fingerprint density at radius 1 is 1.64 bits per heavy atom. The van der Waals surface area contributed by atoms with Crippen LogP contribution in [-0.2, 0) is 4.79 Å². The Kier molecular flexibility index (Phi) is 3.78. The lowest BCUT2D eigenvalue weighted by Crippen LogP contribution is -2.44. The third kappa shape index (κ3) is 3.46. The molecule has 0 bridgehead atoms. The third-order valence-electron chi connectivity index (χ3n) is 2.67. The van der Waals surface area contributed by atoms with E-state index in [-0.39, 0.29) is 0 Å². The van der Waals surface area contributed by atoms with Gasteiger partial charge in [0.1, 0.15) is 5.38 Å². The Morgan fingerprint density at radius 2 is 2.29 bits per heavy atom. The molecule has 1 fully saturated rings. The van der Waals surface area contributed by atoms with Crippen LogP contribution in [0.2, 0.25) is 0 Å². The molecule has 14 heavy (non-hydrogen) atoms. The molecule has 1 atom stereocenters.